The SMILES string of the molecule is CC1(C)OCc2cc(C(O)CNCCCCCCOCCCCc3cccc(S(N)(=O)=O)c3)ccc2O1. The maximum atomic E-state index is 11.4. The van der Waals surface area contributed by atoms with E-state index in [0.717, 1.165) is 80.5 Å². The summed E-state index contributed by atoms with van der Waals surface area (Å²) in [6, 6.07) is 12.6. The summed E-state index contributed by atoms with van der Waals surface area (Å²) in [5.41, 5.74) is 2.81. The number of aliphatic hydroxyl groups is 1. The zero-order chi connectivity index (χ0) is 26.7. The highest BCUT2D eigenvalue weighted by atomic mass is 32.2. The second-order valence-electron chi connectivity index (χ2n) is 10.1. The van der Waals surface area contributed by atoms with Gasteiger partial charge in [0, 0.05) is 39.2 Å². The molecule has 0 fully saturated rings. The Morgan fingerprint density at radius 1 is 1.05 bits per heavy atom. The normalized spacial score (nSPS) is 15.7. The monoisotopic (exact) mass is 534 g/mol. The Labute approximate surface area is 221 Å². The van der Waals surface area contributed by atoms with Gasteiger partial charge in [0.2, 0.25) is 15.8 Å². The molecule has 0 amide bonds. The Kier molecular flexibility index (Phi) is 11.4. The highest BCUT2D eigenvalue weighted by Crippen LogP contribution is 2.32. The number of rotatable bonds is 16. The van der Waals surface area contributed by atoms with Crippen LogP contribution in [0.5, 0.6) is 5.75 Å². The number of benzene rings is 2. The fraction of sp³-hybridized carbons (Fsp3) is 0.571. The minimum atomic E-state index is -3.65. The zero-order valence-corrected chi connectivity index (χ0v) is 22.9. The van der Waals surface area contributed by atoms with Gasteiger partial charge >= 0.3 is 0 Å². The third-order valence-electron chi connectivity index (χ3n) is 6.36. The van der Waals surface area contributed by atoms with Crippen molar-refractivity contribution in [3.8, 4) is 5.75 Å². The Bertz CT molecular complexity index is 1090. The van der Waals surface area contributed by atoms with Gasteiger partial charge in [-0.1, -0.05) is 31.0 Å². The molecule has 4 N–H and O–H groups in total. The Balaban J connectivity index is 1.16. The highest BCUT2D eigenvalue weighted by Gasteiger charge is 2.27. The fourth-order valence-electron chi connectivity index (χ4n) is 4.24. The number of unbranched alkanes of at least 4 members (excludes halogenated alkanes) is 4. The molecule has 206 valence electrons. The molecule has 2 aromatic carbocycles. The summed E-state index contributed by atoms with van der Waals surface area (Å²) in [6.45, 7) is 7.13. The Hall–Kier alpha value is -2.01. The van der Waals surface area contributed by atoms with Gasteiger partial charge in [-0.25, -0.2) is 13.6 Å². The van der Waals surface area contributed by atoms with E-state index in [-0.39, 0.29) is 4.90 Å². The maximum absolute atomic E-state index is 11.4. The third-order valence-corrected chi connectivity index (χ3v) is 7.27. The molecule has 1 atom stereocenters. The number of primary sulfonamides is 1. The van der Waals surface area contributed by atoms with Crippen LogP contribution in [-0.2, 0) is 32.5 Å². The molecule has 0 saturated carbocycles. The smallest absolute Gasteiger partial charge is 0.238 e. The highest BCUT2D eigenvalue weighted by molar-refractivity contribution is 7.89. The topological polar surface area (TPSA) is 120 Å². The molecule has 0 saturated heterocycles. The van der Waals surface area contributed by atoms with Crippen LogP contribution >= 0.6 is 0 Å². The predicted octanol–water partition coefficient (Wildman–Crippen LogP) is 4.20. The van der Waals surface area contributed by atoms with Gasteiger partial charge in [-0.3, -0.25) is 0 Å². The number of hydrogen-bond acceptors (Lipinski definition) is 7. The van der Waals surface area contributed by atoms with E-state index >= 15 is 0 Å². The summed E-state index contributed by atoms with van der Waals surface area (Å²) >= 11 is 0. The average molecular weight is 535 g/mol. The van der Waals surface area contributed by atoms with Crippen molar-refractivity contribution >= 4 is 10.0 Å². The Morgan fingerprint density at radius 3 is 2.59 bits per heavy atom. The van der Waals surface area contributed by atoms with Crippen molar-refractivity contribution in [3.05, 3.63) is 59.2 Å². The summed E-state index contributed by atoms with van der Waals surface area (Å²) in [7, 11) is -3.65. The predicted molar refractivity (Wildman–Crippen MR) is 144 cm³/mol. The average Bonchev–Trinajstić information content (AvgIpc) is 2.85. The standard InChI is InChI=1S/C28H42N2O6S/c1-28(2)35-21-24-19-23(13-14-27(24)36-28)26(31)20-30-15-6-3-4-7-16-34-17-8-5-10-22-11-9-12-25(18-22)37(29,32)33/h9,11-14,18-19,26,30-31H,3-8,10,15-17,20-21H2,1-2H3,(H2,29,32,33). The minimum Gasteiger partial charge on any atom is -0.463 e. The fourth-order valence-corrected chi connectivity index (χ4v) is 4.83. The second kappa shape index (κ2) is 14.2. The van der Waals surface area contributed by atoms with Gasteiger partial charge in [0.05, 0.1) is 17.6 Å². The number of nitrogens with two attached hydrogens (primary N) is 1. The van der Waals surface area contributed by atoms with Crippen LogP contribution in [0.15, 0.2) is 47.4 Å². The second-order valence-corrected chi connectivity index (χ2v) is 11.6. The first kappa shape index (κ1) is 29.5. The lowest BCUT2D eigenvalue weighted by Gasteiger charge is -2.33. The summed E-state index contributed by atoms with van der Waals surface area (Å²) < 4.78 is 40.1. The molecule has 9 heteroatoms. The third kappa shape index (κ3) is 10.3. The molecule has 0 bridgehead atoms. The molecule has 1 unspecified atom stereocenters. The number of sulfonamides is 1. The van der Waals surface area contributed by atoms with E-state index in [4.69, 9.17) is 19.3 Å². The lowest BCUT2D eigenvalue weighted by Crippen LogP contribution is -2.35. The van der Waals surface area contributed by atoms with Crippen molar-refractivity contribution < 1.29 is 27.7 Å². The first-order chi connectivity index (χ1) is 17.6. The van der Waals surface area contributed by atoms with Crippen LogP contribution in [0.4, 0.5) is 0 Å². The van der Waals surface area contributed by atoms with Crippen LogP contribution in [0.2, 0.25) is 0 Å². The molecular weight excluding hydrogens is 492 g/mol. The molecule has 2 aromatic rings. The van der Waals surface area contributed by atoms with Crippen LogP contribution in [0.3, 0.4) is 0 Å². The molecule has 0 spiro atoms. The van der Waals surface area contributed by atoms with E-state index in [9.17, 15) is 13.5 Å². The Morgan fingerprint density at radius 2 is 1.81 bits per heavy atom. The summed E-state index contributed by atoms with van der Waals surface area (Å²) in [6.07, 6.45) is 6.46. The number of fused-ring (bicyclic) bond motifs is 1. The molecule has 8 nitrogen and oxygen atoms in total. The van der Waals surface area contributed by atoms with Gasteiger partial charge in [0.25, 0.3) is 0 Å². The van der Waals surface area contributed by atoms with Crippen LogP contribution in [-0.4, -0.2) is 45.6 Å². The summed E-state index contributed by atoms with van der Waals surface area (Å²) in [5, 5.41) is 19.0. The maximum Gasteiger partial charge on any atom is 0.238 e. The van der Waals surface area contributed by atoms with Gasteiger partial charge < -0.3 is 24.6 Å². The number of ether oxygens (including phenoxy) is 3. The van der Waals surface area contributed by atoms with Crippen molar-refractivity contribution in [2.75, 3.05) is 26.3 Å². The number of hydrogen-bond donors (Lipinski definition) is 3. The number of aryl methyl sites for hydroxylation is 1. The lowest BCUT2D eigenvalue weighted by atomic mass is 10.0. The molecule has 1 heterocycles. The molecule has 1 aliphatic rings. The van der Waals surface area contributed by atoms with Gasteiger partial charge in [0.15, 0.2) is 0 Å². The number of aliphatic hydroxyl groups excluding tert-OH is 1. The minimum absolute atomic E-state index is 0.164. The molecule has 37 heavy (non-hydrogen) atoms. The van der Waals surface area contributed by atoms with Crippen molar-refractivity contribution in [1.82, 2.24) is 5.32 Å². The molecule has 3 rings (SSSR count). The summed E-state index contributed by atoms with van der Waals surface area (Å²) in [4.78, 5) is 0.164. The lowest BCUT2D eigenvalue weighted by molar-refractivity contribution is -0.180. The quantitative estimate of drug-likeness (QED) is 0.276. The van der Waals surface area contributed by atoms with E-state index in [1.54, 1.807) is 12.1 Å². The molecule has 0 aromatic heterocycles. The van der Waals surface area contributed by atoms with Crippen LogP contribution < -0.4 is 15.2 Å². The molecule has 0 aliphatic carbocycles. The first-order valence-corrected chi connectivity index (χ1v) is 14.7. The van der Waals surface area contributed by atoms with E-state index in [2.05, 4.69) is 5.32 Å². The van der Waals surface area contributed by atoms with E-state index < -0.39 is 21.9 Å². The molecule has 0 radical (unpaired) electrons. The van der Waals surface area contributed by atoms with Crippen molar-refractivity contribution in [2.45, 2.75) is 82.2 Å². The van der Waals surface area contributed by atoms with E-state index in [1.807, 2.05) is 38.1 Å². The van der Waals surface area contributed by atoms with E-state index in [1.165, 1.54) is 6.07 Å². The van der Waals surface area contributed by atoms with Crippen molar-refractivity contribution in [1.29, 1.82) is 0 Å². The van der Waals surface area contributed by atoms with Crippen LogP contribution in [0.25, 0.3) is 0 Å². The van der Waals surface area contributed by atoms with Gasteiger partial charge in [-0.2, -0.15) is 0 Å². The molecular formula is C28H42N2O6S. The molecule has 1 aliphatic heterocycles. The zero-order valence-electron chi connectivity index (χ0n) is 22.1. The van der Waals surface area contributed by atoms with E-state index in [0.29, 0.717) is 19.8 Å². The van der Waals surface area contributed by atoms with Crippen LogP contribution in [0.1, 0.15) is 75.2 Å². The van der Waals surface area contributed by atoms with Crippen molar-refractivity contribution in [3.63, 3.8) is 0 Å². The van der Waals surface area contributed by atoms with Crippen LogP contribution in [0, 0.1) is 0 Å². The first-order valence-electron chi connectivity index (χ1n) is 13.2. The largest absolute Gasteiger partial charge is 0.463 e. The van der Waals surface area contributed by atoms with Crippen molar-refractivity contribution in [2.24, 2.45) is 5.14 Å². The number of nitrogens with one attached hydrogen (secondary N) is 1. The van der Waals surface area contributed by atoms with Gasteiger partial charge in [-0.15, -0.1) is 0 Å². The van der Waals surface area contributed by atoms with Gasteiger partial charge in [-0.05, 0) is 74.0 Å². The summed E-state index contributed by atoms with van der Waals surface area (Å²) in [5.74, 6) is 0.201. The van der Waals surface area contributed by atoms with Gasteiger partial charge in [0.1, 0.15) is 5.75 Å².